The summed E-state index contributed by atoms with van der Waals surface area (Å²) in [6.07, 6.45) is 0. The van der Waals surface area contributed by atoms with Crippen LogP contribution >= 0.6 is 11.3 Å². The molecule has 0 bridgehead atoms. The molecule has 0 N–H and O–H groups in total. The molecule has 0 spiro atoms. The maximum Gasteiger partial charge on any atom is 0.137 e. The van der Waals surface area contributed by atoms with Crippen molar-refractivity contribution in [1.82, 2.24) is 0 Å². The molecule has 0 aliphatic rings. The van der Waals surface area contributed by atoms with Crippen LogP contribution in [0.2, 0.25) is 0 Å². The Morgan fingerprint density at radius 2 is 0.868 bits per heavy atom. The molecule has 9 aromatic carbocycles. The predicted molar refractivity (Wildman–Crippen MR) is 227 cm³/mol. The summed E-state index contributed by atoms with van der Waals surface area (Å²) < 4.78 is 9.05. The molecule has 2 nitrogen and oxygen atoms in total. The summed E-state index contributed by atoms with van der Waals surface area (Å²) in [6, 6.07) is 67.9. The number of hydrogen-bond acceptors (Lipinski definition) is 3. The zero-order chi connectivity index (χ0) is 34.9. The Morgan fingerprint density at radius 3 is 1.66 bits per heavy atom. The molecule has 0 radical (unpaired) electrons. The maximum absolute atomic E-state index is 6.38. The SMILES string of the molecule is c1ccc2c(-c3ccc(N(c4ccc(-c5cccc6c5sc5c7ccccc7ccc65)cc4)c4ccc5c(c4)oc4ccccc45)cc3)cccc2c1. The van der Waals surface area contributed by atoms with Gasteiger partial charge in [-0.05, 0) is 86.3 Å². The molecular weight excluding hydrogens is 663 g/mol. The van der Waals surface area contributed by atoms with Crippen LogP contribution < -0.4 is 4.90 Å². The Kier molecular flexibility index (Phi) is 6.76. The second-order valence-corrected chi connectivity index (χ2v) is 14.7. The third-order valence-electron chi connectivity index (χ3n) is 10.7. The fraction of sp³-hybridized carbons (Fsp3) is 0. The van der Waals surface area contributed by atoms with Crippen LogP contribution in [0.25, 0.3) is 85.9 Å². The zero-order valence-electron chi connectivity index (χ0n) is 28.7. The van der Waals surface area contributed by atoms with Crippen molar-refractivity contribution in [2.24, 2.45) is 0 Å². The lowest BCUT2D eigenvalue weighted by Gasteiger charge is -2.26. The molecule has 0 aliphatic carbocycles. The van der Waals surface area contributed by atoms with E-state index in [9.17, 15) is 0 Å². The van der Waals surface area contributed by atoms with Gasteiger partial charge in [-0.1, -0.05) is 140 Å². The van der Waals surface area contributed by atoms with Gasteiger partial charge in [-0.3, -0.25) is 0 Å². The van der Waals surface area contributed by atoms with Gasteiger partial charge in [0, 0.05) is 54.1 Å². The smallest absolute Gasteiger partial charge is 0.137 e. The highest BCUT2D eigenvalue weighted by molar-refractivity contribution is 7.27. The van der Waals surface area contributed by atoms with Crippen molar-refractivity contribution in [1.29, 1.82) is 0 Å². The van der Waals surface area contributed by atoms with Crippen LogP contribution in [0.4, 0.5) is 17.1 Å². The molecule has 3 heteroatoms. The number of benzene rings is 9. The minimum Gasteiger partial charge on any atom is -0.456 e. The first kappa shape index (κ1) is 30.0. The van der Waals surface area contributed by atoms with Crippen LogP contribution in [0.1, 0.15) is 0 Å². The summed E-state index contributed by atoms with van der Waals surface area (Å²) in [5, 5.41) is 9.98. The van der Waals surface area contributed by atoms with Crippen molar-refractivity contribution >= 4 is 92.1 Å². The summed E-state index contributed by atoms with van der Waals surface area (Å²) in [4.78, 5) is 2.33. The molecule has 11 rings (SSSR count). The van der Waals surface area contributed by atoms with Gasteiger partial charge < -0.3 is 9.32 Å². The Morgan fingerprint density at radius 1 is 0.340 bits per heavy atom. The van der Waals surface area contributed by atoms with E-state index in [1.807, 2.05) is 23.5 Å². The fourth-order valence-electron chi connectivity index (χ4n) is 8.11. The Bertz CT molecular complexity index is 3160. The first-order chi connectivity index (χ1) is 26.3. The first-order valence-electron chi connectivity index (χ1n) is 18.0. The maximum atomic E-state index is 6.38. The molecule has 0 amide bonds. The summed E-state index contributed by atoms with van der Waals surface area (Å²) in [5.41, 5.74) is 9.87. The van der Waals surface area contributed by atoms with E-state index in [0.717, 1.165) is 39.0 Å². The van der Waals surface area contributed by atoms with E-state index in [1.54, 1.807) is 0 Å². The summed E-state index contributed by atoms with van der Waals surface area (Å²) in [5.74, 6) is 0. The summed E-state index contributed by atoms with van der Waals surface area (Å²) in [6.45, 7) is 0. The predicted octanol–water partition coefficient (Wildman–Crippen LogP) is 15.1. The number of thiophene rings is 1. The summed E-state index contributed by atoms with van der Waals surface area (Å²) >= 11 is 1.90. The first-order valence-corrected chi connectivity index (χ1v) is 18.8. The van der Waals surface area contributed by atoms with Gasteiger partial charge in [0.1, 0.15) is 11.2 Å². The zero-order valence-corrected chi connectivity index (χ0v) is 29.5. The van der Waals surface area contributed by atoms with Gasteiger partial charge in [-0.15, -0.1) is 11.3 Å². The minimum absolute atomic E-state index is 0.877. The molecule has 248 valence electrons. The van der Waals surface area contributed by atoms with Crippen LogP contribution in [0.5, 0.6) is 0 Å². The van der Waals surface area contributed by atoms with E-state index in [1.165, 1.54) is 64.0 Å². The van der Waals surface area contributed by atoms with Crippen molar-refractivity contribution in [2.45, 2.75) is 0 Å². The molecule has 0 saturated heterocycles. The highest BCUT2D eigenvalue weighted by Gasteiger charge is 2.18. The highest BCUT2D eigenvalue weighted by Crippen LogP contribution is 2.44. The van der Waals surface area contributed by atoms with E-state index in [-0.39, 0.29) is 0 Å². The molecule has 0 saturated carbocycles. The van der Waals surface area contributed by atoms with E-state index < -0.39 is 0 Å². The van der Waals surface area contributed by atoms with Crippen LogP contribution in [0, 0.1) is 0 Å². The van der Waals surface area contributed by atoms with Crippen molar-refractivity contribution < 1.29 is 4.42 Å². The number of anilines is 3. The number of fused-ring (bicyclic) bond motifs is 9. The van der Waals surface area contributed by atoms with Gasteiger partial charge in [-0.2, -0.15) is 0 Å². The van der Waals surface area contributed by atoms with Crippen LogP contribution in [0.3, 0.4) is 0 Å². The normalized spacial score (nSPS) is 11.8. The largest absolute Gasteiger partial charge is 0.456 e. The average molecular weight is 694 g/mol. The van der Waals surface area contributed by atoms with Gasteiger partial charge in [0.2, 0.25) is 0 Å². The molecule has 0 unspecified atom stereocenters. The number of hydrogen-bond donors (Lipinski definition) is 0. The Balaban J connectivity index is 1.03. The quantitative estimate of drug-likeness (QED) is 0.178. The molecule has 0 fully saturated rings. The molecule has 53 heavy (non-hydrogen) atoms. The van der Waals surface area contributed by atoms with Crippen molar-refractivity contribution in [2.75, 3.05) is 4.90 Å². The number of para-hydroxylation sites is 1. The second kappa shape index (κ2) is 11.9. The van der Waals surface area contributed by atoms with Crippen molar-refractivity contribution in [3.63, 3.8) is 0 Å². The van der Waals surface area contributed by atoms with Gasteiger partial charge >= 0.3 is 0 Å². The lowest BCUT2D eigenvalue weighted by Crippen LogP contribution is -2.09. The van der Waals surface area contributed by atoms with Crippen molar-refractivity contribution in [3.05, 3.63) is 188 Å². The number of furan rings is 1. The van der Waals surface area contributed by atoms with Gasteiger partial charge in [0.15, 0.2) is 0 Å². The topological polar surface area (TPSA) is 16.4 Å². The average Bonchev–Trinajstić information content (AvgIpc) is 3.80. The van der Waals surface area contributed by atoms with Gasteiger partial charge in [0.05, 0.1) is 0 Å². The van der Waals surface area contributed by atoms with Gasteiger partial charge in [-0.25, -0.2) is 0 Å². The Hall–Kier alpha value is -6.68. The monoisotopic (exact) mass is 693 g/mol. The number of rotatable bonds is 5. The van der Waals surface area contributed by atoms with Gasteiger partial charge in [0.25, 0.3) is 0 Å². The fourth-order valence-corrected chi connectivity index (χ4v) is 9.48. The van der Waals surface area contributed by atoms with Crippen LogP contribution in [-0.2, 0) is 0 Å². The molecule has 2 aromatic heterocycles. The van der Waals surface area contributed by atoms with E-state index in [2.05, 4.69) is 181 Å². The standard InChI is InChI=1S/C50H31NOS/c1-3-12-39-32(9-1)11-7-15-40(39)34-19-24-36(25-20-34)51(38-28-30-44-43-14-5-6-18-47(43)52-48(44)31-38)37-26-21-35(22-27-37)42-16-8-17-45-46-29-23-33-10-2-4-13-41(33)50(46)53-49(42)45/h1-31H. The van der Waals surface area contributed by atoms with E-state index >= 15 is 0 Å². The Labute approximate surface area is 310 Å². The molecule has 11 aromatic rings. The lowest BCUT2D eigenvalue weighted by molar-refractivity contribution is 0.669. The van der Waals surface area contributed by atoms with Crippen LogP contribution in [-0.4, -0.2) is 0 Å². The third kappa shape index (κ3) is 4.86. The van der Waals surface area contributed by atoms with Crippen molar-refractivity contribution in [3.8, 4) is 22.3 Å². The third-order valence-corrected chi connectivity index (χ3v) is 12.0. The van der Waals surface area contributed by atoms with Crippen LogP contribution in [0.15, 0.2) is 192 Å². The molecule has 0 atom stereocenters. The second-order valence-electron chi connectivity index (χ2n) is 13.7. The summed E-state index contributed by atoms with van der Waals surface area (Å²) in [7, 11) is 0. The highest BCUT2D eigenvalue weighted by atomic mass is 32.1. The lowest BCUT2D eigenvalue weighted by atomic mass is 9.98. The minimum atomic E-state index is 0.877. The van der Waals surface area contributed by atoms with E-state index in [0.29, 0.717) is 0 Å². The molecule has 2 heterocycles. The number of nitrogens with zero attached hydrogens (tertiary/aromatic N) is 1. The molecular formula is C50H31NOS. The molecule has 0 aliphatic heterocycles. The van der Waals surface area contributed by atoms with E-state index in [4.69, 9.17) is 4.42 Å².